The Morgan fingerprint density at radius 1 is 1.48 bits per heavy atom. The van der Waals surface area contributed by atoms with Gasteiger partial charge in [-0.1, -0.05) is 0 Å². The number of hydrogen-bond acceptors (Lipinski definition) is 4. The van der Waals surface area contributed by atoms with E-state index in [9.17, 15) is 12.8 Å². The zero-order valence-electron chi connectivity index (χ0n) is 11.5. The van der Waals surface area contributed by atoms with Crippen molar-refractivity contribution < 1.29 is 17.9 Å². The molecule has 114 valence electrons. The highest BCUT2D eigenvalue weighted by molar-refractivity contribution is 7.89. The van der Waals surface area contributed by atoms with Gasteiger partial charge < -0.3 is 5.11 Å². The van der Waals surface area contributed by atoms with Crippen LogP contribution in [0.3, 0.4) is 0 Å². The van der Waals surface area contributed by atoms with Gasteiger partial charge in [0.05, 0.1) is 10.5 Å². The predicted octanol–water partition coefficient (Wildman–Crippen LogP) is 1.48. The van der Waals surface area contributed by atoms with E-state index < -0.39 is 15.8 Å². The lowest BCUT2D eigenvalue weighted by Crippen LogP contribution is -2.40. The molecule has 0 spiro atoms. The van der Waals surface area contributed by atoms with Crippen LogP contribution in [0.5, 0.6) is 0 Å². The summed E-state index contributed by atoms with van der Waals surface area (Å²) in [6, 6.07) is 4.90. The molecule has 7 heteroatoms. The summed E-state index contributed by atoms with van der Waals surface area (Å²) < 4.78 is 39.8. The summed E-state index contributed by atoms with van der Waals surface area (Å²) in [4.78, 5) is -0.0647. The van der Waals surface area contributed by atoms with Crippen LogP contribution in [0.2, 0.25) is 0 Å². The topological polar surface area (TPSA) is 81.4 Å². The van der Waals surface area contributed by atoms with E-state index in [0.29, 0.717) is 19.5 Å². The van der Waals surface area contributed by atoms with Crippen molar-refractivity contribution >= 4 is 10.0 Å². The van der Waals surface area contributed by atoms with Crippen molar-refractivity contribution in [3.8, 4) is 6.07 Å². The van der Waals surface area contributed by atoms with Crippen LogP contribution in [-0.4, -0.2) is 37.5 Å². The van der Waals surface area contributed by atoms with Gasteiger partial charge in [-0.15, -0.1) is 0 Å². The van der Waals surface area contributed by atoms with Crippen LogP contribution in [0.25, 0.3) is 0 Å². The minimum Gasteiger partial charge on any atom is -0.396 e. The van der Waals surface area contributed by atoms with Crippen LogP contribution in [0.1, 0.15) is 24.8 Å². The Morgan fingerprint density at radius 3 is 2.90 bits per heavy atom. The summed E-state index contributed by atoms with van der Waals surface area (Å²) in [7, 11) is -3.73. The molecule has 1 aliphatic heterocycles. The van der Waals surface area contributed by atoms with E-state index in [4.69, 9.17) is 10.4 Å². The minimum atomic E-state index is -3.73. The van der Waals surface area contributed by atoms with Crippen molar-refractivity contribution in [1.82, 2.24) is 4.31 Å². The number of nitriles is 1. The van der Waals surface area contributed by atoms with Gasteiger partial charge in [-0.3, -0.25) is 0 Å². The van der Waals surface area contributed by atoms with Crippen molar-refractivity contribution in [2.45, 2.75) is 24.2 Å². The molecule has 1 aliphatic rings. The molecule has 1 atom stereocenters. The molecule has 5 nitrogen and oxygen atoms in total. The Morgan fingerprint density at radius 2 is 2.24 bits per heavy atom. The second-order valence-corrected chi connectivity index (χ2v) is 7.07. The van der Waals surface area contributed by atoms with Crippen LogP contribution in [0, 0.1) is 23.1 Å². The zero-order valence-corrected chi connectivity index (χ0v) is 12.3. The third-order valence-electron chi connectivity index (χ3n) is 3.72. The lowest BCUT2D eigenvalue weighted by molar-refractivity contribution is 0.203. The number of aliphatic hydroxyl groups is 1. The molecular weight excluding hydrogens is 295 g/mol. The van der Waals surface area contributed by atoms with Gasteiger partial charge >= 0.3 is 0 Å². The quantitative estimate of drug-likeness (QED) is 0.913. The van der Waals surface area contributed by atoms with Gasteiger partial charge in [-0.25, -0.2) is 12.8 Å². The van der Waals surface area contributed by atoms with Crippen molar-refractivity contribution in [3.63, 3.8) is 0 Å². The lowest BCUT2D eigenvalue weighted by atomic mass is 9.97. The number of halogens is 1. The number of rotatable bonds is 4. The molecule has 1 fully saturated rings. The van der Waals surface area contributed by atoms with Crippen molar-refractivity contribution in [1.29, 1.82) is 5.26 Å². The van der Waals surface area contributed by atoms with Crippen molar-refractivity contribution in [2.75, 3.05) is 19.7 Å². The maximum absolute atomic E-state index is 13.3. The molecule has 21 heavy (non-hydrogen) atoms. The molecule has 0 radical (unpaired) electrons. The highest BCUT2D eigenvalue weighted by Gasteiger charge is 2.30. The highest BCUT2D eigenvalue weighted by atomic mass is 32.2. The van der Waals surface area contributed by atoms with Gasteiger partial charge in [0, 0.05) is 19.7 Å². The van der Waals surface area contributed by atoms with Gasteiger partial charge in [0.1, 0.15) is 11.9 Å². The number of hydrogen-bond donors (Lipinski definition) is 1. The van der Waals surface area contributed by atoms with Gasteiger partial charge in [0.2, 0.25) is 10.0 Å². The van der Waals surface area contributed by atoms with Crippen molar-refractivity contribution in [2.24, 2.45) is 5.92 Å². The molecule has 1 heterocycles. The number of nitrogens with zero attached hydrogens (tertiary/aromatic N) is 2. The van der Waals surface area contributed by atoms with Gasteiger partial charge in [-0.2, -0.15) is 9.57 Å². The molecule has 2 rings (SSSR count). The summed E-state index contributed by atoms with van der Waals surface area (Å²) in [5.74, 6) is -0.595. The fourth-order valence-electron chi connectivity index (χ4n) is 2.56. The number of benzene rings is 1. The molecule has 1 aromatic rings. The first-order valence-corrected chi connectivity index (χ1v) is 8.23. The summed E-state index contributed by atoms with van der Waals surface area (Å²) in [5, 5.41) is 17.8. The number of sulfonamides is 1. The average molecular weight is 312 g/mol. The first kappa shape index (κ1) is 15.9. The second kappa shape index (κ2) is 6.52. The SMILES string of the molecule is N#Cc1cc(S(=O)(=O)N2CCCC(CCO)C2)ccc1F. The normalized spacial score (nSPS) is 20.1. The van der Waals surface area contributed by atoms with Crippen LogP contribution in [-0.2, 0) is 10.0 Å². The van der Waals surface area contributed by atoms with E-state index in [-0.39, 0.29) is 23.0 Å². The van der Waals surface area contributed by atoms with E-state index in [1.54, 1.807) is 6.07 Å². The minimum absolute atomic E-state index is 0.0354. The largest absolute Gasteiger partial charge is 0.396 e. The summed E-state index contributed by atoms with van der Waals surface area (Å²) in [6.07, 6.45) is 2.19. The summed E-state index contributed by atoms with van der Waals surface area (Å²) >= 11 is 0. The first-order chi connectivity index (χ1) is 9.98. The third-order valence-corrected chi connectivity index (χ3v) is 5.58. The molecule has 0 bridgehead atoms. The monoisotopic (exact) mass is 312 g/mol. The molecule has 0 aliphatic carbocycles. The molecule has 1 N–H and O–H groups in total. The average Bonchev–Trinajstić information content (AvgIpc) is 2.48. The Bertz CT molecular complexity index is 653. The van der Waals surface area contributed by atoms with E-state index in [1.807, 2.05) is 0 Å². The Balaban J connectivity index is 2.27. The second-order valence-electron chi connectivity index (χ2n) is 5.14. The first-order valence-electron chi connectivity index (χ1n) is 6.79. The van der Waals surface area contributed by atoms with Gasteiger partial charge in [-0.05, 0) is 43.4 Å². The van der Waals surface area contributed by atoms with Gasteiger partial charge in [0.25, 0.3) is 0 Å². The van der Waals surface area contributed by atoms with Gasteiger partial charge in [0.15, 0.2) is 0 Å². The molecule has 0 aromatic heterocycles. The van der Waals surface area contributed by atoms with E-state index in [1.165, 1.54) is 10.4 Å². The van der Waals surface area contributed by atoms with E-state index in [2.05, 4.69) is 0 Å². The third kappa shape index (κ3) is 3.40. The fourth-order valence-corrected chi connectivity index (χ4v) is 4.14. The van der Waals surface area contributed by atoms with E-state index in [0.717, 1.165) is 25.0 Å². The van der Waals surface area contributed by atoms with Crippen LogP contribution in [0.15, 0.2) is 23.1 Å². The van der Waals surface area contributed by atoms with E-state index >= 15 is 0 Å². The maximum Gasteiger partial charge on any atom is 0.243 e. The molecule has 1 unspecified atom stereocenters. The summed E-state index contributed by atoms with van der Waals surface area (Å²) in [5.41, 5.74) is -0.278. The summed E-state index contributed by atoms with van der Waals surface area (Å²) in [6.45, 7) is 0.791. The maximum atomic E-state index is 13.3. The van der Waals surface area contributed by atoms with Crippen LogP contribution < -0.4 is 0 Å². The number of aliphatic hydroxyl groups excluding tert-OH is 1. The van der Waals surface area contributed by atoms with Crippen LogP contribution in [0.4, 0.5) is 4.39 Å². The van der Waals surface area contributed by atoms with Crippen LogP contribution >= 0.6 is 0 Å². The Hall–Kier alpha value is -1.49. The zero-order chi connectivity index (χ0) is 15.5. The Kier molecular flexibility index (Phi) is 4.93. The molecule has 1 saturated heterocycles. The Labute approximate surface area is 123 Å². The van der Waals surface area contributed by atoms with Crippen molar-refractivity contribution in [3.05, 3.63) is 29.6 Å². The molecular formula is C14H17FN2O3S. The molecule has 0 amide bonds. The highest BCUT2D eigenvalue weighted by Crippen LogP contribution is 2.26. The molecule has 0 saturated carbocycles. The smallest absolute Gasteiger partial charge is 0.243 e. The number of piperidine rings is 1. The molecule has 1 aromatic carbocycles. The lowest BCUT2D eigenvalue weighted by Gasteiger charge is -2.31. The predicted molar refractivity (Wildman–Crippen MR) is 74.3 cm³/mol. The standard InChI is InChI=1S/C14H17FN2O3S/c15-14-4-3-13(8-12(14)9-16)21(19,20)17-6-1-2-11(10-17)5-7-18/h3-4,8,11,18H,1-2,5-7,10H2. The fraction of sp³-hybridized carbons (Fsp3) is 0.500.